The first-order chi connectivity index (χ1) is 13.6. The molecule has 1 unspecified atom stereocenters. The first kappa shape index (κ1) is 17.8. The summed E-state index contributed by atoms with van der Waals surface area (Å²) < 4.78 is 10.4. The van der Waals surface area contributed by atoms with Crippen molar-refractivity contribution in [2.24, 2.45) is 5.92 Å². The van der Waals surface area contributed by atoms with Crippen LogP contribution in [0.5, 0.6) is 5.75 Å². The monoisotopic (exact) mass is 377 g/mol. The van der Waals surface area contributed by atoms with Crippen molar-refractivity contribution in [2.75, 3.05) is 23.9 Å². The molecule has 0 spiro atoms. The van der Waals surface area contributed by atoms with Crippen LogP contribution in [0.1, 0.15) is 6.42 Å². The van der Waals surface area contributed by atoms with Crippen LogP contribution in [0, 0.1) is 5.92 Å². The molecule has 0 aliphatic carbocycles. The Hall–Kier alpha value is -3.61. The largest absolute Gasteiger partial charge is 0.497 e. The number of carbonyl (C=O) groups is 2. The number of benzene rings is 2. The molecule has 28 heavy (non-hydrogen) atoms. The molecule has 2 aromatic carbocycles. The molecule has 2 amide bonds. The zero-order valence-electron chi connectivity index (χ0n) is 15.3. The van der Waals surface area contributed by atoms with Crippen LogP contribution in [0.2, 0.25) is 0 Å². The Bertz CT molecular complexity index is 966. The molecule has 7 nitrogen and oxygen atoms in total. The summed E-state index contributed by atoms with van der Waals surface area (Å²) in [5, 5.41) is 2.88. The highest BCUT2D eigenvalue weighted by Crippen LogP contribution is 2.28. The lowest BCUT2D eigenvalue weighted by Gasteiger charge is -2.17. The molecular weight excluding hydrogens is 358 g/mol. The Morgan fingerprint density at radius 1 is 1.18 bits per heavy atom. The fourth-order valence-electron chi connectivity index (χ4n) is 3.22. The lowest BCUT2D eigenvalue weighted by molar-refractivity contribution is -0.122. The lowest BCUT2D eigenvalue weighted by Crippen LogP contribution is -2.28. The molecule has 1 N–H and O–H groups in total. The van der Waals surface area contributed by atoms with Crippen molar-refractivity contribution in [1.82, 2.24) is 4.98 Å². The van der Waals surface area contributed by atoms with Gasteiger partial charge in [-0.25, -0.2) is 4.98 Å². The van der Waals surface area contributed by atoms with Gasteiger partial charge in [-0.2, -0.15) is 0 Å². The minimum atomic E-state index is -0.399. The van der Waals surface area contributed by atoms with Gasteiger partial charge in [-0.15, -0.1) is 0 Å². The number of oxazole rings is 1. The Morgan fingerprint density at radius 2 is 1.93 bits per heavy atom. The molecule has 0 saturated carbocycles. The van der Waals surface area contributed by atoms with Crippen LogP contribution in [-0.4, -0.2) is 30.5 Å². The van der Waals surface area contributed by atoms with Crippen molar-refractivity contribution in [1.29, 1.82) is 0 Å². The van der Waals surface area contributed by atoms with Gasteiger partial charge in [0, 0.05) is 29.9 Å². The zero-order chi connectivity index (χ0) is 19.5. The Balaban J connectivity index is 1.40. The minimum absolute atomic E-state index is 0.0639. The predicted molar refractivity (Wildman–Crippen MR) is 104 cm³/mol. The fourth-order valence-corrected chi connectivity index (χ4v) is 3.22. The van der Waals surface area contributed by atoms with Gasteiger partial charge in [-0.1, -0.05) is 0 Å². The topological polar surface area (TPSA) is 84.7 Å². The van der Waals surface area contributed by atoms with Gasteiger partial charge >= 0.3 is 0 Å². The van der Waals surface area contributed by atoms with E-state index in [0.29, 0.717) is 18.0 Å². The number of amides is 2. The van der Waals surface area contributed by atoms with Gasteiger partial charge in [0.1, 0.15) is 5.75 Å². The highest BCUT2D eigenvalue weighted by Gasteiger charge is 2.35. The maximum absolute atomic E-state index is 12.6. The van der Waals surface area contributed by atoms with Crippen LogP contribution in [0.3, 0.4) is 0 Å². The Labute approximate surface area is 161 Å². The molecule has 142 valence electrons. The number of hydrogen-bond acceptors (Lipinski definition) is 5. The van der Waals surface area contributed by atoms with E-state index < -0.39 is 5.92 Å². The smallest absolute Gasteiger partial charge is 0.229 e. The summed E-state index contributed by atoms with van der Waals surface area (Å²) in [5.74, 6) is 0.749. The van der Waals surface area contributed by atoms with Crippen LogP contribution < -0.4 is 15.0 Å². The molecule has 0 radical (unpaired) electrons. The standard InChI is InChI=1S/C21H19N3O4/c1-27-18-8-6-17(7-9-18)24-12-15(10-20(24)25)21(26)23-16-4-2-14(3-5-16)19-11-22-13-28-19/h2-9,11,13,15H,10,12H2,1H3,(H,23,26). The molecule has 1 saturated heterocycles. The number of anilines is 2. The van der Waals surface area contributed by atoms with Crippen LogP contribution in [0.25, 0.3) is 11.3 Å². The summed E-state index contributed by atoms with van der Waals surface area (Å²) in [5.41, 5.74) is 2.30. The van der Waals surface area contributed by atoms with Crippen LogP contribution in [0.4, 0.5) is 11.4 Å². The highest BCUT2D eigenvalue weighted by atomic mass is 16.5. The van der Waals surface area contributed by atoms with Crippen LogP contribution in [0.15, 0.2) is 65.5 Å². The lowest BCUT2D eigenvalue weighted by atomic mass is 10.1. The maximum atomic E-state index is 12.6. The van der Waals surface area contributed by atoms with Crippen molar-refractivity contribution in [3.63, 3.8) is 0 Å². The van der Waals surface area contributed by atoms with E-state index in [-0.39, 0.29) is 18.2 Å². The van der Waals surface area contributed by atoms with E-state index in [1.807, 2.05) is 24.3 Å². The number of ether oxygens (including phenoxy) is 1. The fraction of sp³-hybridized carbons (Fsp3) is 0.190. The van der Waals surface area contributed by atoms with E-state index in [0.717, 1.165) is 17.0 Å². The summed E-state index contributed by atoms with van der Waals surface area (Å²) in [6.45, 7) is 0.354. The minimum Gasteiger partial charge on any atom is -0.497 e. The number of rotatable bonds is 5. The van der Waals surface area contributed by atoms with E-state index in [1.165, 1.54) is 6.39 Å². The third kappa shape index (κ3) is 3.59. The second-order valence-electron chi connectivity index (χ2n) is 6.54. The maximum Gasteiger partial charge on any atom is 0.229 e. The Morgan fingerprint density at radius 3 is 2.57 bits per heavy atom. The number of nitrogens with zero attached hydrogens (tertiary/aromatic N) is 2. The molecule has 1 aliphatic rings. The predicted octanol–water partition coefficient (Wildman–Crippen LogP) is 3.34. The third-order valence-electron chi connectivity index (χ3n) is 4.75. The molecule has 1 aliphatic heterocycles. The molecule has 1 aromatic heterocycles. The van der Waals surface area contributed by atoms with E-state index in [4.69, 9.17) is 9.15 Å². The second-order valence-corrected chi connectivity index (χ2v) is 6.54. The number of carbonyl (C=O) groups excluding carboxylic acids is 2. The van der Waals surface area contributed by atoms with Gasteiger partial charge < -0.3 is 19.4 Å². The number of aromatic nitrogens is 1. The Kier molecular flexibility index (Phi) is 4.80. The molecule has 4 rings (SSSR count). The first-order valence-electron chi connectivity index (χ1n) is 8.88. The summed E-state index contributed by atoms with van der Waals surface area (Å²) in [6, 6.07) is 14.5. The second kappa shape index (κ2) is 7.56. The van der Waals surface area contributed by atoms with Gasteiger partial charge in [-0.05, 0) is 48.5 Å². The van der Waals surface area contributed by atoms with Crippen molar-refractivity contribution >= 4 is 23.2 Å². The van der Waals surface area contributed by atoms with Gasteiger partial charge in [0.2, 0.25) is 11.8 Å². The molecule has 3 aromatic rings. The molecule has 2 heterocycles. The number of hydrogen-bond donors (Lipinski definition) is 1. The molecule has 7 heteroatoms. The van der Waals surface area contributed by atoms with Crippen molar-refractivity contribution < 1.29 is 18.7 Å². The van der Waals surface area contributed by atoms with Gasteiger partial charge in [0.25, 0.3) is 0 Å². The van der Waals surface area contributed by atoms with Crippen LogP contribution >= 0.6 is 0 Å². The zero-order valence-corrected chi connectivity index (χ0v) is 15.3. The normalized spacial score (nSPS) is 16.2. The van der Waals surface area contributed by atoms with Crippen molar-refractivity contribution in [2.45, 2.75) is 6.42 Å². The SMILES string of the molecule is COc1ccc(N2CC(C(=O)Nc3ccc(-c4cnco4)cc3)CC2=O)cc1. The van der Waals surface area contributed by atoms with Gasteiger partial charge in [0.05, 0.1) is 19.2 Å². The molecule has 1 atom stereocenters. The summed E-state index contributed by atoms with van der Waals surface area (Å²) >= 11 is 0. The van der Waals surface area contributed by atoms with E-state index in [9.17, 15) is 9.59 Å². The number of methoxy groups -OCH3 is 1. The van der Waals surface area contributed by atoms with Crippen molar-refractivity contribution in [3.05, 3.63) is 61.1 Å². The number of nitrogens with one attached hydrogen (secondary N) is 1. The molecule has 0 bridgehead atoms. The summed E-state index contributed by atoms with van der Waals surface area (Å²) in [7, 11) is 1.59. The highest BCUT2D eigenvalue weighted by molar-refractivity contribution is 6.03. The van der Waals surface area contributed by atoms with Crippen LogP contribution in [-0.2, 0) is 9.59 Å². The molecule has 1 fully saturated rings. The average Bonchev–Trinajstić information content (AvgIpc) is 3.39. The van der Waals surface area contributed by atoms with Gasteiger partial charge in [-0.3, -0.25) is 9.59 Å². The first-order valence-corrected chi connectivity index (χ1v) is 8.88. The summed E-state index contributed by atoms with van der Waals surface area (Å²) in [6.07, 6.45) is 3.19. The quantitative estimate of drug-likeness (QED) is 0.737. The van der Waals surface area contributed by atoms with E-state index in [2.05, 4.69) is 10.3 Å². The van der Waals surface area contributed by atoms with Gasteiger partial charge in [0.15, 0.2) is 12.2 Å². The summed E-state index contributed by atoms with van der Waals surface area (Å²) in [4.78, 5) is 30.5. The van der Waals surface area contributed by atoms with E-state index >= 15 is 0 Å². The molecular formula is C21H19N3O4. The van der Waals surface area contributed by atoms with Crippen molar-refractivity contribution in [3.8, 4) is 17.1 Å². The van der Waals surface area contributed by atoms with E-state index in [1.54, 1.807) is 42.5 Å². The third-order valence-corrected chi connectivity index (χ3v) is 4.75. The average molecular weight is 377 g/mol.